The van der Waals surface area contributed by atoms with Gasteiger partial charge in [0.05, 0.1) is 6.61 Å². The first-order chi connectivity index (χ1) is 9.42. The van der Waals surface area contributed by atoms with Crippen molar-refractivity contribution in [2.45, 2.75) is 84.3 Å². The number of hydrogen-bond donors (Lipinski definition) is 2. The first-order valence-electron chi connectivity index (χ1n) is 8.55. The van der Waals surface area contributed by atoms with Crippen molar-refractivity contribution in [3.8, 4) is 0 Å². The molecule has 1 aliphatic rings. The molecule has 120 valence electrons. The Bertz CT molecular complexity index is 264. The van der Waals surface area contributed by atoms with Gasteiger partial charge in [0.1, 0.15) is 0 Å². The second kappa shape index (κ2) is 8.35. The van der Waals surface area contributed by atoms with Gasteiger partial charge in [0.2, 0.25) is 0 Å². The largest absolute Gasteiger partial charge is 0.394 e. The molecule has 0 aromatic carbocycles. The van der Waals surface area contributed by atoms with Gasteiger partial charge < -0.3 is 15.3 Å². The maximum absolute atomic E-state index is 9.78. The number of aliphatic hydroxyl groups is 1. The molecular weight excluding hydrogens is 248 g/mol. The van der Waals surface area contributed by atoms with Gasteiger partial charge in [0, 0.05) is 24.2 Å². The molecule has 1 rings (SSSR count). The Morgan fingerprint density at radius 2 is 2.00 bits per heavy atom. The summed E-state index contributed by atoms with van der Waals surface area (Å²) < 4.78 is 0. The predicted molar refractivity (Wildman–Crippen MR) is 87.0 cm³/mol. The average molecular weight is 284 g/mol. The quantitative estimate of drug-likeness (QED) is 0.719. The van der Waals surface area contributed by atoms with Gasteiger partial charge >= 0.3 is 0 Å². The lowest BCUT2D eigenvalue weighted by atomic mass is 9.89. The first kappa shape index (κ1) is 17.9. The Labute approximate surface area is 126 Å². The van der Waals surface area contributed by atoms with Gasteiger partial charge in [-0.2, -0.15) is 0 Å². The SMILES string of the molecule is CCC(CO)(CCCN1CC(C)CCC1C)NC(C)C. The van der Waals surface area contributed by atoms with Gasteiger partial charge in [0.15, 0.2) is 0 Å². The Morgan fingerprint density at radius 3 is 2.55 bits per heavy atom. The van der Waals surface area contributed by atoms with E-state index in [0.29, 0.717) is 6.04 Å². The highest BCUT2D eigenvalue weighted by Gasteiger charge is 2.28. The van der Waals surface area contributed by atoms with Crippen LogP contribution in [0.2, 0.25) is 0 Å². The molecule has 1 fully saturated rings. The van der Waals surface area contributed by atoms with Crippen molar-refractivity contribution in [3.63, 3.8) is 0 Å². The van der Waals surface area contributed by atoms with Crippen molar-refractivity contribution in [2.75, 3.05) is 19.7 Å². The number of hydrogen-bond acceptors (Lipinski definition) is 3. The van der Waals surface area contributed by atoms with Crippen LogP contribution in [0.3, 0.4) is 0 Å². The van der Waals surface area contributed by atoms with E-state index in [9.17, 15) is 5.11 Å². The maximum Gasteiger partial charge on any atom is 0.0613 e. The highest BCUT2D eigenvalue weighted by atomic mass is 16.3. The molecule has 20 heavy (non-hydrogen) atoms. The third kappa shape index (κ3) is 5.34. The maximum atomic E-state index is 9.78. The van der Waals surface area contributed by atoms with Crippen molar-refractivity contribution in [1.29, 1.82) is 0 Å². The molecule has 3 atom stereocenters. The minimum atomic E-state index is -0.0845. The average Bonchev–Trinajstić information content (AvgIpc) is 2.41. The Kier molecular flexibility index (Phi) is 7.49. The Hall–Kier alpha value is -0.120. The number of piperidine rings is 1. The molecular formula is C17H36N2O. The third-order valence-electron chi connectivity index (χ3n) is 4.92. The fourth-order valence-electron chi connectivity index (χ4n) is 3.51. The topological polar surface area (TPSA) is 35.5 Å². The van der Waals surface area contributed by atoms with E-state index < -0.39 is 0 Å². The van der Waals surface area contributed by atoms with Crippen LogP contribution in [0, 0.1) is 5.92 Å². The minimum absolute atomic E-state index is 0.0845. The predicted octanol–water partition coefficient (Wildman–Crippen LogP) is 3.03. The van der Waals surface area contributed by atoms with E-state index in [1.54, 1.807) is 0 Å². The minimum Gasteiger partial charge on any atom is -0.394 e. The second-order valence-corrected chi connectivity index (χ2v) is 7.22. The zero-order valence-corrected chi connectivity index (χ0v) is 14.3. The molecule has 1 heterocycles. The summed E-state index contributed by atoms with van der Waals surface area (Å²) in [5, 5.41) is 13.4. The van der Waals surface area contributed by atoms with Crippen LogP contribution in [0.1, 0.15) is 66.7 Å². The van der Waals surface area contributed by atoms with Gasteiger partial charge in [-0.05, 0) is 51.5 Å². The van der Waals surface area contributed by atoms with Crippen LogP contribution < -0.4 is 5.32 Å². The van der Waals surface area contributed by atoms with Gasteiger partial charge in [0.25, 0.3) is 0 Å². The van der Waals surface area contributed by atoms with Crippen molar-refractivity contribution in [1.82, 2.24) is 10.2 Å². The molecule has 0 aliphatic carbocycles. The van der Waals surface area contributed by atoms with Crippen molar-refractivity contribution < 1.29 is 5.11 Å². The third-order valence-corrected chi connectivity index (χ3v) is 4.92. The van der Waals surface area contributed by atoms with Crippen LogP contribution in [0.15, 0.2) is 0 Å². The Balaban J connectivity index is 2.43. The molecule has 1 saturated heterocycles. The fourth-order valence-corrected chi connectivity index (χ4v) is 3.51. The molecule has 2 N–H and O–H groups in total. The summed E-state index contributed by atoms with van der Waals surface area (Å²) in [7, 11) is 0. The summed E-state index contributed by atoms with van der Waals surface area (Å²) in [5.41, 5.74) is -0.0845. The number of nitrogens with one attached hydrogen (secondary N) is 1. The molecule has 0 bridgehead atoms. The molecule has 1 aliphatic heterocycles. The summed E-state index contributed by atoms with van der Waals surface area (Å²) in [6.45, 7) is 13.9. The van der Waals surface area contributed by atoms with Crippen LogP contribution in [-0.4, -0.2) is 47.3 Å². The molecule has 0 saturated carbocycles. The van der Waals surface area contributed by atoms with E-state index in [0.717, 1.165) is 24.8 Å². The van der Waals surface area contributed by atoms with Crippen LogP contribution in [-0.2, 0) is 0 Å². The molecule has 0 radical (unpaired) electrons. The summed E-state index contributed by atoms with van der Waals surface area (Å²) in [6.07, 6.45) is 5.95. The van der Waals surface area contributed by atoms with Crippen LogP contribution in [0.5, 0.6) is 0 Å². The lowest BCUT2D eigenvalue weighted by Crippen LogP contribution is -2.51. The van der Waals surface area contributed by atoms with Gasteiger partial charge in [-0.15, -0.1) is 0 Å². The van der Waals surface area contributed by atoms with Crippen LogP contribution in [0.25, 0.3) is 0 Å². The molecule has 3 nitrogen and oxygen atoms in total. The lowest BCUT2D eigenvalue weighted by molar-refractivity contribution is 0.102. The normalized spacial score (nSPS) is 27.8. The van der Waals surface area contributed by atoms with Crippen molar-refractivity contribution in [3.05, 3.63) is 0 Å². The van der Waals surface area contributed by atoms with E-state index >= 15 is 0 Å². The van der Waals surface area contributed by atoms with Crippen molar-refractivity contribution >= 4 is 0 Å². The molecule has 0 amide bonds. The van der Waals surface area contributed by atoms with E-state index in [4.69, 9.17) is 0 Å². The second-order valence-electron chi connectivity index (χ2n) is 7.22. The van der Waals surface area contributed by atoms with Gasteiger partial charge in [-0.3, -0.25) is 0 Å². The summed E-state index contributed by atoms with van der Waals surface area (Å²) in [5.74, 6) is 0.841. The van der Waals surface area contributed by atoms with Crippen LogP contribution in [0.4, 0.5) is 0 Å². The smallest absolute Gasteiger partial charge is 0.0613 e. The number of likely N-dealkylation sites (tertiary alicyclic amines) is 1. The molecule has 0 aromatic heterocycles. The van der Waals surface area contributed by atoms with E-state index in [2.05, 4.69) is 44.8 Å². The van der Waals surface area contributed by atoms with Crippen LogP contribution >= 0.6 is 0 Å². The highest BCUT2D eigenvalue weighted by molar-refractivity contribution is 4.88. The van der Waals surface area contributed by atoms with Gasteiger partial charge in [-0.1, -0.05) is 27.7 Å². The number of aliphatic hydroxyl groups excluding tert-OH is 1. The zero-order chi connectivity index (χ0) is 15.2. The lowest BCUT2D eigenvalue weighted by Gasteiger charge is -2.39. The van der Waals surface area contributed by atoms with Crippen molar-refractivity contribution in [2.24, 2.45) is 5.92 Å². The van der Waals surface area contributed by atoms with Gasteiger partial charge in [-0.25, -0.2) is 0 Å². The summed E-state index contributed by atoms with van der Waals surface area (Å²) >= 11 is 0. The molecule has 0 spiro atoms. The number of nitrogens with zero attached hydrogens (tertiary/aromatic N) is 1. The van der Waals surface area contributed by atoms with E-state index in [1.807, 2.05) is 0 Å². The fraction of sp³-hybridized carbons (Fsp3) is 1.00. The molecule has 3 unspecified atom stereocenters. The standard InChI is InChI=1S/C17H36N2O/c1-6-17(13-20,18-14(2)3)10-7-11-19-12-15(4)8-9-16(19)5/h14-16,18,20H,6-13H2,1-5H3. The molecule has 3 heteroatoms. The molecule has 0 aromatic rings. The summed E-state index contributed by atoms with van der Waals surface area (Å²) in [6, 6.07) is 1.16. The number of rotatable bonds is 8. The zero-order valence-electron chi connectivity index (χ0n) is 14.3. The summed E-state index contributed by atoms with van der Waals surface area (Å²) in [4.78, 5) is 2.64. The monoisotopic (exact) mass is 284 g/mol. The van der Waals surface area contributed by atoms with E-state index in [-0.39, 0.29) is 12.1 Å². The van der Waals surface area contributed by atoms with E-state index in [1.165, 1.54) is 32.4 Å². The first-order valence-corrected chi connectivity index (χ1v) is 8.55. The Morgan fingerprint density at radius 1 is 1.30 bits per heavy atom. The highest BCUT2D eigenvalue weighted by Crippen LogP contribution is 2.23.